The van der Waals surface area contributed by atoms with Crippen LogP contribution in [0.15, 0.2) is 12.4 Å². The van der Waals surface area contributed by atoms with E-state index in [1.807, 2.05) is 0 Å². The zero-order valence-corrected chi connectivity index (χ0v) is 4.69. The number of aromatic hydroxyl groups is 1. The quantitative estimate of drug-likeness (QED) is 0.558. The normalized spacial score (nSPS) is 9.33. The number of aromatic nitrogens is 2. The number of aldehydes is 1. The molecule has 0 saturated carbocycles. The summed E-state index contributed by atoms with van der Waals surface area (Å²) in [4.78, 5) is 9.84. The van der Waals surface area contributed by atoms with Gasteiger partial charge in [-0.1, -0.05) is 0 Å². The van der Waals surface area contributed by atoms with E-state index in [0.717, 1.165) is 0 Å². The Morgan fingerprint density at radius 2 is 2.67 bits per heavy atom. The minimum absolute atomic E-state index is 0.0804. The summed E-state index contributed by atoms with van der Waals surface area (Å²) in [5, 5.41) is 12.3. The van der Waals surface area contributed by atoms with Crippen LogP contribution in [-0.4, -0.2) is 21.2 Å². The fraction of sp³-hybridized carbons (Fsp3) is 0.200. The molecule has 0 aliphatic heterocycles. The van der Waals surface area contributed by atoms with Gasteiger partial charge in [0.25, 0.3) is 0 Å². The van der Waals surface area contributed by atoms with E-state index in [2.05, 4.69) is 5.10 Å². The van der Waals surface area contributed by atoms with Crippen molar-refractivity contribution in [1.29, 1.82) is 0 Å². The first-order valence-corrected chi connectivity index (χ1v) is 2.48. The van der Waals surface area contributed by atoms with Gasteiger partial charge in [0, 0.05) is 0 Å². The number of hydrogen-bond donors (Lipinski definition) is 1. The first-order chi connectivity index (χ1) is 4.33. The molecule has 1 aromatic rings. The molecule has 4 heteroatoms. The smallest absolute Gasteiger partial charge is 0.153 e. The first kappa shape index (κ1) is 5.81. The van der Waals surface area contributed by atoms with Crippen LogP contribution in [0.3, 0.4) is 0 Å². The average molecular weight is 126 g/mol. The Kier molecular flexibility index (Phi) is 1.48. The summed E-state index contributed by atoms with van der Waals surface area (Å²) in [6.07, 6.45) is 3.38. The largest absolute Gasteiger partial charge is 0.505 e. The minimum Gasteiger partial charge on any atom is -0.505 e. The Balaban J connectivity index is 2.72. The van der Waals surface area contributed by atoms with Gasteiger partial charge in [0.1, 0.15) is 6.29 Å². The minimum atomic E-state index is 0.0804. The molecule has 0 saturated heterocycles. The van der Waals surface area contributed by atoms with E-state index in [4.69, 9.17) is 5.11 Å². The molecule has 0 fully saturated rings. The van der Waals surface area contributed by atoms with Gasteiger partial charge in [-0.05, 0) is 0 Å². The van der Waals surface area contributed by atoms with Crippen LogP contribution < -0.4 is 0 Å². The summed E-state index contributed by atoms with van der Waals surface area (Å²) < 4.78 is 1.35. The Bertz CT molecular complexity index is 206. The molecule has 1 heterocycles. The second-order valence-electron chi connectivity index (χ2n) is 1.59. The molecule has 48 valence electrons. The monoisotopic (exact) mass is 126 g/mol. The topological polar surface area (TPSA) is 55.1 Å². The molecule has 1 rings (SSSR count). The van der Waals surface area contributed by atoms with Crippen molar-refractivity contribution in [3.8, 4) is 5.75 Å². The van der Waals surface area contributed by atoms with Crippen molar-refractivity contribution in [2.45, 2.75) is 6.54 Å². The summed E-state index contributed by atoms with van der Waals surface area (Å²) in [5.74, 6) is 0.0804. The van der Waals surface area contributed by atoms with Gasteiger partial charge in [0.15, 0.2) is 5.75 Å². The van der Waals surface area contributed by atoms with E-state index >= 15 is 0 Å². The Morgan fingerprint density at radius 1 is 1.89 bits per heavy atom. The fourth-order valence-electron chi connectivity index (χ4n) is 0.529. The van der Waals surface area contributed by atoms with E-state index in [1.54, 1.807) is 0 Å². The van der Waals surface area contributed by atoms with Gasteiger partial charge in [-0.25, -0.2) is 0 Å². The molecule has 0 amide bonds. The zero-order valence-electron chi connectivity index (χ0n) is 4.69. The van der Waals surface area contributed by atoms with E-state index in [0.29, 0.717) is 6.29 Å². The summed E-state index contributed by atoms with van der Waals surface area (Å²) in [6, 6.07) is 0. The number of carbonyl (C=O) groups is 1. The molecule has 1 aromatic heterocycles. The van der Waals surface area contributed by atoms with Crippen molar-refractivity contribution in [3.05, 3.63) is 12.4 Å². The molecule has 4 nitrogen and oxygen atoms in total. The SMILES string of the molecule is O=CCn1cc(O)cn1. The third-order valence-electron chi connectivity index (χ3n) is 0.881. The molecule has 0 atom stereocenters. The van der Waals surface area contributed by atoms with Crippen LogP contribution in [-0.2, 0) is 11.3 Å². The number of rotatable bonds is 2. The van der Waals surface area contributed by atoms with Crippen molar-refractivity contribution in [2.75, 3.05) is 0 Å². The number of nitrogens with zero attached hydrogens (tertiary/aromatic N) is 2. The van der Waals surface area contributed by atoms with Crippen LogP contribution in [0.5, 0.6) is 5.75 Å². The molecule has 9 heavy (non-hydrogen) atoms. The maximum absolute atomic E-state index is 9.84. The van der Waals surface area contributed by atoms with Gasteiger partial charge in [-0.15, -0.1) is 0 Å². The van der Waals surface area contributed by atoms with Crippen LogP contribution in [0, 0.1) is 0 Å². The maximum atomic E-state index is 9.84. The van der Waals surface area contributed by atoms with Crippen molar-refractivity contribution in [1.82, 2.24) is 9.78 Å². The van der Waals surface area contributed by atoms with Crippen LogP contribution in [0.25, 0.3) is 0 Å². The van der Waals surface area contributed by atoms with Gasteiger partial charge in [0.2, 0.25) is 0 Å². The number of carbonyl (C=O) groups excluding carboxylic acids is 1. The lowest BCUT2D eigenvalue weighted by atomic mass is 10.6. The highest BCUT2D eigenvalue weighted by molar-refractivity contribution is 5.48. The van der Waals surface area contributed by atoms with Gasteiger partial charge in [-0.2, -0.15) is 5.10 Å². The molecule has 0 spiro atoms. The summed E-state index contributed by atoms with van der Waals surface area (Å²) >= 11 is 0. The Hall–Kier alpha value is -1.32. The second-order valence-corrected chi connectivity index (χ2v) is 1.59. The molecule has 0 unspecified atom stereocenters. The molecular weight excluding hydrogens is 120 g/mol. The fourth-order valence-corrected chi connectivity index (χ4v) is 0.529. The summed E-state index contributed by atoms with van der Waals surface area (Å²) in [5.41, 5.74) is 0. The third-order valence-corrected chi connectivity index (χ3v) is 0.881. The first-order valence-electron chi connectivity index (χ1n) is 2.48. The second kappa shape index (κ2) is 2.30. The molecule has 0 bridgehead atoms. The van der Waals surface area contributed by atoms with Crippen molar-refractivity contribution < 1.29 is 9.90 Å². The predicted octanol–water partition coefficient (Wildman–Crippen LogP) is -0.212. The molecule has 0 aliphatic rings. The summed E-state index contributed by atoms with van der Waals surface area (Å²) in [7, 11) is 0. The van der Waals surface area contributed by atoms with Crippen LogP contribution in [0.2, 0.25) is 0 Å². The molecule has 0 aromatic carbocycles. The van der Waals surface area contributed by atoms with Crippen LogP contribution in [0.1, 0.15) is 0 Å². The lowest BCUT2D eigenvalue weighted by Crippen LogP contribution is -1.97. The van der Waals surface area contributed by atoms with Crippen molar-refractivity contribution in [2.24, 2.45) is 0 Å². The molecule has 1 N–H and O–H groups in total. The highest BCUT2D eigenvalue weighted by Gasteiger charge is 1.91. The van der Waals surface area contributed by atoms with E-state index in [1.165, 1.54) is 17.1 Å². The zero-order chi connectivity index (χ0) is 6.69. The maximum Gasteiger partial charge on any atom is 0.153 e. The van der Waals surface area contributed by atoms with E-state index in [-0.39, 0.29) is 12.3 Å². The summed E-state index contributed by atoms with van der Waals surface area (Å²) in [6.45, 7) is 0.195. The average Bonchev–Trinajstić information content (AvgIpc) is 2.17. The van der Waals surface area contributed by atoms with Crippen molar-refractivity contribution in [3.63, 3.8) is 0 Å². The molecule has 0 radical (unpaired) electrons. The highest BCUT2D eigenvalue weighted by atomic mass is 16.3. The lowest BCUT2D eigenvalue weighted by molar-refractivity contribution is -0.108. The Morgan fingerprint density at radius 3 is 3.11 bits per heavy atom. The lowest BCUT2D eigenvalue weighted by Gasteiger charge is -1.87. The molecule has 0 aliphatic carbocycles. The molecular formula is C5H6N2O2. The highest BCUT2D eigenvalue weighted by Crippen LogP contribution is 2.02. The Labute approximate surface area is 51.7 Å². The van der Waals surface area contributed by atoms with Gasteiger partial charge in [0.05, 0.1) is 18.9 Å². The standard InChI is InChI=1S/C5H6N2O2/c8-2-1-7-4-5(9)3-6-7/h2-4,9H,1H2. The van der Waals surface area contributed by atoms with E-state index in [9.17, 15) is 4.79 Å². The van der Waals surface area contributed by atoms with Crippen molar-refractivity contribution >= 4 is 6.29 Å². The van der Waals surface area contributed by atoms with Gasteiger partial charge < -0.3 is 9.90 Å². The van der Waals surface area contributed by atoms with E-state index < -0.39 is 0 Å². The van der Waals surface area contributed by atoms with Gasteiger partial charge in [-0.3, -0.25) is 4.68 Å². The van der Waals surface area contributed by atoms with Crippen LogP contribution >= 0.6 is 0 Å². The van der Waals surface area contributed by atoms with Gasteiger partial charge >= 0.3 is 0 Å². The predicted molar refractivity (Wildman–Crippen MR) is 30.0 cm³/mol. The van der Waals surface area contributed by atoms with Crippen LogP contribution in [0.4, 0.5) is 0 Å². The third kappa shape index (κ3) is 1.28. The number of hydrogen-bond acceptors (Lipinski definition) is 3.